The second-order valence-corrected chi connectivity index (χ2v) is 5.09. The number of aliphatic hydroxyl groups is 1. The molecular formula is C15H24N2O4. The molecular weight excluding hydrogens is 272 g/mol. The number of nitro groups is 1. The Balaban J connectivity index is 3.21. The molecule has 1 rings (SSSR count). The predicted molar refractivity (Wildman–Crippen MR) is 83.1 cm³/mol. The summed E-state index contributed by atoms with van der Waals surface area (Å²) >= 11 is 0. The van der Waals surface area contributed by atoms with Crippen LogP contribution < -0.4 is 9.64 Å². The molecule has 0 radical (unpaired) electrons. The Hall–Kier alpha value is -1.82. The van der Waals surface area contributed by atoms with E-state index in [0.29, 0.717) is 31.0 Å². The molecule has 1 aromatic rings. The number of nitro benzene ring substituents is 1. The Kier molecular flexibility index (Phi) is 6.94. The van der Waals surface area contributed by atoms with Crippen LogP contribution in [0.15, 0.2) is 18.2 Å². The number of hydrogen-bond donors (Lipinski definition) is 1. The van der Waals surface area contributed by atoms with Crippen molar-refractivity contribution >= 4 is 11.4 Å². The molecule has 0 atom stereocenters. The maximum atomic E-state index is 11.5. The number of hydrogen-bond acceptors (Lipinski definition) is 5. The number of benzene rings is 1. The monoisotopic (exact) mass is 296 g/mol. The van der Waals surface area contributed by atoms with Crippen molar-refractivity contribution in [3.05, 3.63) is 28.3 Å². The normalized spacial score (nSPS) is 10.7. The van der Waals surface area contributed by atoms with Crippen molar-refractivity contribution in [3.8, 4) is 5.75 Å². The number of para-hydroxylation sites is 1. The van der Waals surface area contributed by atoms with Gasteiger partial charge in [-0.3, -0.25) is 10.1 Å². The molecule has 0 aliphatic heterocycles. The molecule has 0 saturated heterocycles. The fraction of sp³-hybridized carbons (Fsp3) is 0.600. The van der Waals surface area contributed by atoms with Gasteiger partial charge in [0.05, 0.1) is 11.5 Å². The minimum atomic E-state index is -0.394. The van der Waals surface area contributed by atoms with Crippen LogP contribution in [-0.4, -0.2) is 35.8 Å². The fourth-order valence-electron chi connectivity index (χ4n) is 2.15. The van der Waals surface area contributed by atoms with Gasteiger partial charge in [0.2, 0.25) is 0 Å². The Bertz CT molecular complexity index is 463. The molecule has 1 N–H and O–H groups in total. The Labute approximate surface area is 125 Å². The van der Waals surface area contributed by atoms with Crippen molar-refractivity contribution < 1.29 is 14.8 Å². The van der Waals surface area contributed by atoms with Gasteiger partial charge in [-0.05, 0) is 38.8 Å². The Morgan fingerprint density at radius 1 is 1.43 bits per heavy atom. The number of nitrogens with zero attached hydrogens (tertiary/aromatic N) is 2. The lowest BCUT2D eigenvalue weighted by Crippen LogP contribution is -2.32. The zero-order valence-corrected chi connectivity index (χ0v) is 12.9. The van der Waals surface area contributed by atoms with Gasteiger partial charge in [0, 0.05) is 19.2 Å². The third kappa shape index (κ3) is 4.60. The third-order valence-electron chi connectivity index (χ3n) is 3.11. The van der Waals surface area contributed by atoms with Crippen LogP contribution in [0, 0.1) is 10.1 Å². The second kappa shape index (κ2) is 8.46. The number of rotatable bonds is 9. The summed E-state index contributed by atoms with van der Waals surface area (Å²) in [7, 11) is 0. The van der Waals surface area contributed by atoms with E-state index in [4.69, 9.17) is 9.84 Å². The molecule has 0 bridgehead atoms. The molecule has 0 spiro atoms. The lowest BCUT2D eigenvalue weighted by atomic mass is 10.2. The summed E-state index contributed by atoms with van der Waals surface area (Å²) in [6.45, 7) is 6.97. The van der Waals surface area contributed by atoms with Crippen molar-refractivity contribution in [3.63, 3.8) is 0 Å². The van der Waals surface area contributed by atoms with E-state index in [2.05, 4.69) is 0 Å². The molecule has 0 aliphatic carbocycles. The topological polar surface area (TPSA) is 75.8 Å². The highest BCUT2D eigenvalue weighted by molar-refractivity contribution is 5.70. The van der Waals surface area contributed by atoms with E-state index < -0.39 is 4.92 Å². The molecule has 6 heteroatoms. The van der Waals surface area contributed by atoms with E-state index in [1.807, 2.05) is 25.7 Å². The van der Waals surface area contributed by atoms with Gasteiger partial charge in [-0.2, -0.15) is 0 Å². The Morgan fingerprint density at radius 3 is 2.67 bits per heavy atom. The lowest BCUT2D eigenvalue weighted by Gasteiger charge is -2.28. The number of ether oxygens (including phenoxy) is 1. The van der Waals surface area contributed by atoms with E-state index in [0.717, 1.165) is 6.42 Å². The third-order valence-corrected chi connectivity index (χ3v) is 3.11. The highest BCUT2D eigenvalue weighted by Gasteiger charge is 2.26. The minimum Gasteiger partial charge on any atom is -0.487 e. The second-order valence-electron chi connectivity index (χ2n) is 5.09. The molecule has 0 aliphatic rings. The van der Waals surface area contributed by atoms with Gasteiger partial charge in [0.25, 0.3) is 0 Å². The maximum absolute atomic E-state index is 11.5. The van der Waals surface area contributed by atoms with Crippen molar-refractivity contribution in [1.82, 2.24) is 0 Å². The van der Waals surface area contributed by atoms with Crippen LogP contribution >= 0.6 is 0 Å². The summed E-state index contributed by atoms with van der Waals surface area (Å²) in [5, 5.41) is 20.5. The minimum absolute atomic E-state index is 0.00223. The number of anilines is 1. The van der Waals surface area contributed by atoms with Gasteiger partial charge in [-0.15, -0.1) is 0 Å². The van der Waals surface area contributed by atoms with Crippen molar-refractivity contribution in [1.29, 1.82) is 0 Å². The van der Waals surface area contributed by atoms with E-state index in [9.17, 15) is 10.1 Å². The first-order valence-electron chi connectivity index (χ1n) is 7.30. The van der Waals surface area contributed by atoms with Crippen molar-refractivity contribution in [2.45, 2.75) is 39.7 Å². The highest BCUT2D eigenvalue weighted by Crippen LogP contribution is 2.38. The van der Waals surface area contributed by atoms with Crippen LogP contribution in [0.5, 0.6) is 5.75 Å². The molecule has 0 unspecified atom stereocenters. The Morgan fingerprint density at radius 2 is 2.14 bits per heavy atom. The van der Waals surface area contributed by atoms with Crippen LogP contribution in [0.4, 0.5) is 11.4 Å². The summed E-state index contributed by atoms with van der Waals surface area (Å²) in [4.78, 5) is 13.0. The van der Waals surface area contributed by atoms with E-state index in [1.54, 1.807) is 18.2 Å². The summed E-state index contributed by atoms with van der Waals surface area (Å²) in [5.74, 6) is 0.300. The van der Waals surface area contributed by atoms with Crippen molar-refractivity contribution in [2.75, 3.05) is 24.7 Å². The maximum Gasteiger partial charge on any atom is 0.333 e. The fourth-order valence-corrected chi connectivity index (χ4v) is 2.15. The first kappa shape index (κ1) is 17.2. The summed E-state index contributed by atoms with van der Waals surface area (Å²) in [5.41, 5.74) is 0.537. The van der Waals surface area contributed by atoms with Crippen LogP contribution in [0.3, 0.4) is 0 Å². The quantitative estimate of drug-likeness (QED) is 0.560. The molecule has 1 aromatic carbocycles. The van der Waals surface area contributed by atoms with Gasteiger partial charge >= 0.3 is 5.69 Å². The van der Waals surface area contributed by atoms with E-state index in [1.165, 1.54) is 0 Å². The standard InChI is InChI=1S/C15H24N2O4/c1-4-11-21-14-8-5-7-13(15(14)17(19)20)16(12(2)3)9-6-10-18/h5,7-8,12,18H,4,6,9-11H2,1-3H3. The van der Waals surface area contributed by atoms with Gasteiger partial charge in [0.1, 0.15) is 5.69 Å². The highest BCUT2D eigenvalue weighted by atomic mass is 16.6. The summed E-state index contributed by atoms with van der Waals surface area (Å²) < 4.78 is 5.50. The average Bonchev–Trinajstić information content (AvgIpc) is 2.44. The zero-order chi connectivity index (χ0) is 15.8. The summed E-state index contributed by atoms with van der Waals surface area (Å²) in [6, 6.07) is 5.22. The lowest BCUT2D eigenvalue weighted by molar-refractivity contribution is -0.385. The van der Waals surface area contributed by atoms with Gasteiger partial charge in [-0.25, -0.2) is 0 Å². The van der Waals surface area contributed by atoms with Gasteiger partial charge in [-0.1, -0.05) is 13.0 Å². The average molecular weight is 296 g/mol. The van der Waals surface area contributed by atoms with Crippen LogP contribution in [0.1, 0.15) is 33.6 Å². The predicted octanol–water partition coefficient (Wildman–Crippen LogP) is 2.98. The molecule has 21 heavy (non-hydrogen) atoms. The molecule has 0 aromatic heterocycles. The molecule has 118 valence electrons. The van der Waals surface area contributed by atoms with E-state index >= 15 is 0 Å². The molecule has 6 nitrogen and oxygen atoms in total. The smallest absolute Gasteiger partial charge is 0.333 e. The molecule has 0 heterocycles. The van der Waals surface area contributed by atoms with Gasteiger partial charge in [0.15, 0.2) is 5.75 Å². The van der Waals surface area contributed by atoms with E-state index in [-0.39, 0.29) is 18.3 Å². The van der Waals surface area contributed by atoms with Gasteiger partial charge < -0.3 is 14.7 Å². The largest absolute Gasteiger partial charge is 0.487 e. The summed E-state index contributed by atoms with van der Waals surface area (Å²) in [6.07, 6.45) is 1.36. The molecule has 0 saturated carbocycles. The first-order chi connectivity index (χ1) is 10.0. The van der Waals surface area contributed by atoms with Crippen molar-refractivity contribution in [2.24, 2.45) is 0 Å². The molecule has 0 fully saturated rings. The van der Waals surface area contributed by atoms with Crippen LogP contribution in [-0.2, 0) is 0 Å². The number of aliphatic hydroxyl groups excluding tert-OH is 1. The van der Waals surface area contributed by atoms with Crippen LogP contribution in [0.25, 0.3) is 0 Å². The SMILES string of the molecule is CCCOc1cccc(N(CCCO)C(C)C)c1[N+](=O)[O-]. The van der Waals surface area contributed by atoms with Crippen LogP contribution in [0.2, 0.25) is 0 Å². The zero-order valence-electron chi connectivity index (χ0n) is 12.9. The first-order valence-corrected chi connectivity index (χ1v) is 7.30. The molecule has 0 amide bonds.